The van der Waals surface area contributed by atoms with Crippen LogP contribution in [0.3, 0.4) is 0 Å². The first-order chi connectivity index (χ1) is 16.0. The Labute approximate surface area is 189 Å². The van der Waals surface area contributed by atoms with Gasteiger partial charge < -0.3 is 20.3 Å². The van der Waals surface area contributed by atoms with Crippen LogP contribution < -0.4 is 15.2 Å². The second kappa shape index (κ2) is 9.44. The van der Waals surface area contributed by atoms with Gasteiger partial charge in [0.05, 0.1) is 41.7 Å². The molecule has 10 nitrogen and oxygen atoms in total. The molecule has 3 N–H and O–H groups in total. The molecule has 4 rings (SSSR count). The Morgan fingerprint density at radius 3 is 2.73 bits per heavy atom. The van der Waals surface area contributed by atoms with Gasteiger partial charge >= 0.3 is 0 Å². The molecular formula is C23H21N7O3. The van der Waals surface area contributed by atoms with E-state index in [1.54, 1.807) is 42.2 Å². The summed E-state index contributed by atoms with van der Waals surface area (Å²) in [5.41, 5.74) is 8.22. The minimum absolute atomic E-state index is 0.00336. The average Bonchev–Trinajstić information content (AvgIpc) is 3.23. The molecule has 0 radical (unpaired) electrons. The number of nitrogens with two attached hydrogens (primary N) is 1. The number of aliphatic hydroxyl groups excluding tert-OH is 1. The van der Waals surface area contributed by atoms with Gasteiger partial charge in [-0.2, -0.15) is 15.3 Å². The smallest absolute Gasteiger partial charge is 0.222 e. The number of methoxy groups -OCH3 is 1. The van der Waals surface area contributed by atoms with Crippen LogP contribution in [0.1, 0.15) is 17.2 Å². The summed E-state index contributed by atoms with van der Waals surface area (Å²) in [5, 5.41) is 23.9. The molecule has 0 spiro atoms. The normalized spacial score (nSPS) is 11.6. The summed E-state index contributed by atoms with van der Waals surface area (Å²) in [6.45, 7) is 0.00336. The van der Waals surface area contributed by atoms with Crippen molar-refractivity contribution < 1.29 is 14.6 Å². The molecule has 0 fully saturated rings. The molecule has 0 saturated heterocycles. The van der Waals surface area contributed by atoms with Crippen molar-refractivity contribution in [3.8, 4) is 46.4 Å². The molecule has 10 heteroatoms. The molecular weight excluding hydrogens is 422 g/mol. The summed E-state index contributed by atoms with van der Waals surface area (Å²) < 4.78 is 13.0. The van der Waals surface area contributed by atoms with Gasteiger partial charge in [0.1, 0.15) is 11.4 Å². The zero-order valence-electron chi connectivity index (χ0n) is 18.0. The van der Waals surface area contributed by atoms with Gasteiger partial charge in [-0.25, -0.2) is 9.67 Å². The maximum atomic E-state index is 10.1. The van der Waals surface area contributed by atoms with Crippen molar-refractivity contribution >= 4 is 0 Å². The third-order valence-electron chi connectivity index (χ3n) is 4.89. The summed E-state index contributed by atoms with van der Waals surface area (Å²) in [7, 11) is 3.20. The second-order valence-corrected chi connectivity index (χ2v) is 7.04. The number of aromatic nitrogens is 5. The lowest BCUT2D eigenvalue weighted by atomic mass is 10.1. The first-order valence-electron chi connectivity index (χ1n) is 10.0. The third-order valence-corrected chi connectivity index (χ3v) is 4.89. The highest BCUT2D eigenvalue weighted by molar-refractivity contribution is 5.67. The van der Waals surface area contributed by atoms with Gasteiger partial charge in [-0.1, -0.05) is 6.07 Å². The zero-order valence-corrected chi connectivity index (χ0v) is 18.0. The van der Waals surface area contributed by atoms with Crippen molar-refractivity contribution in [2.24, 2.45) is 12.8 Å². The van der Waals surface area contributed by atoms with Crippen LogP contribution in [0.5, 0.6) is 17.5 Å². The zero-order chi connectivity index (χ0) is 23.4. The van der Waals surface area contributed by atoms with Crippen LogP contribution >= 0.6 is 0 Å². The summed E-state index contributed by atoms with van der Waals surface area (Å²) in [6, 6.07) is 14.4. The number of aliphatic hydroxyl groups is 1. The predicted molar refractivity (Wildman–Crippen MR) is 119 cm³/mol. The van der Waals surface area contributed by atoms with Gasteiger partial charge in [-0.05, 0) is 30.3 Å². The molecule has 0 saturated carbocycles. The second-order valence-electron chi connectivity index (χ2n) is 7.04. The van der Waals surface area contributed by atoms with Gasteiger partial charge in [0.15, 0.2) is 5.82 Å². The molecule has 166 valence electrons. The molecule has 33 heavy (non-hydrogen) atoms. The van der Waals surface area contributed by atoms with E-state index in [0.29, 0.717) is 45.5 Å². The fourth-order valence-corrected chi connectivity index (χ4v) is 3.18. The monoisotopic (exact) mass is 443 g/mol. The van der Waals surface area contributed by atoms with E-state index in [2.05, 4.69) is 26.1 Å². The van der Waals surface area contributed by atoms with Gasteiger partial charge in [-0.15, -0.1) is 0 Å². The third kappa shape index (κ3) is 4.50. The Hall–Kier alpha value is -4.33. The number of rotatable bonds is 7. The number of hydrogen-bond donors (Lipinski definition) is 2. The first-order valence-corrected chi connectivity index (χ1v) is 10.0. The molecule has 0 unspecified atom stereocenters. The highest BCUT2D eigenvalue weighted by Gasteiger charge is 2.19. The van der Waals surface area contributed by atoms with E-state index in [1.165, 1.54) is 13.3 Å². The van der Waals surface area contributed by atoms with E-state index in [0.717, 1.165) is 0 Å². The van der Waals surface area contributed by atoms with Crippen LogP contribution in [0.25, 0.3) is 22.8 Å². The highest BCUT2D eigenvalue weighted by atomic mass is 16.5. The maximum Gasteiger partial charge on any atom is 0.222 e. The lowest BCUT2D eigenvalue weighted by Crippen LogP contribution is -2.14. The Morgan fingerprint density at radius 2 is 2.03 bits per heavy atom. The van der Waals surface area contributed by atoms with Crippen molar-refractivity contribution in [1.82, 2.24) is 24.7 Å². The van der Waals surface area contributed by atoms with Crippen LogP contribution in [-0.2, 0) is 7.05 Å². The van der Waals surface area contributed by atoms with Crippen LogP contribution in [0.4, 0.5) is 0 Å². The minimum atomic E-state index is -0.954. The summed E-state index contributed by atoms with van der Waals surface area (Å²) in [4.78, 5) is 13.1. The van der Waals surface area contributed by atoms with Crippen LogP contribution in [0.2, 0.25) is 0 Å². The minimum Gasteiger partial charge on any atom is -0.481 e. The number of ether oxygens (including phenoxy) is 2. The fraction of sp³-hybridized carbons (Fsp3) is 0.174. The van der Waals surface area contributed by atoms with Crippen molar-refractivity contribution in [2.45, 2.75) is 6.10 Å². The van der Waals surface area contributed by atoms with E-state index in [9.17, 15) is 10.4 Å². The predicted octanol–water partition coefficient (Wildman–Crippen LogP) is 2.60. The molecule has 0 amide bonds. The van der Waals surface area contributed by atoms with Crippen molar-refractivity contribution in [1.29, 1.82) is 5.26 Å². The maximum absolute atomic E-state index is 10.1. The lowest BCUT2D eigenvalue weighted by molar-refractivity contribution is 0.180. The Morgan fingerprint density at radius 1 is 1.18 bits per heavy atom. The Bertz CT molecular complexity index is 1320. The standard InChI is InChI=1S/C23H21N7O3/c1-30-21(10-18(29-30)17-5-3-4-8-26-17)33-20-9-14(11-24)6-7-15(20)22-27-13-16(19(31)12-25)23(28-22)32-2/h3-10,13,19,31H,12,25H2,1-2H3/t19-/m1/s1. The Kier molecular flexibility index (Phi) is 6.26. The van der Waals surface area contributed by atoms with Crippen LogP contribution in [0, 0.1) is 11.3 Å². The fourth-order valence-electron chi connectivity index (χ4n) is 3.18. The molecule has 0 aliphatic rings. The molecule has 4 aromatic rings. The summed E-state index contributed by atoms with van der Waals surface area (Å²) in [6.07, 6.45) is 2.20. The molecule has 3 aromatic heterocycles. The highest BCUT2D eigenvalue weighted by Crippen LogP contribution is 2.35. The van der Waals surface area contributed by atoms with Crippen molar-refractivity contribution in [2.75, 3.05) is 13.7 Å². The van der Waals surface area contributed by atoms with E-state index in [-0.39, 0.29) is 12.4 Å². The first kappa shape index (κ1) is 21.9. The van der Waals surface area contributed by atoms with E-state index in [4.69, 9.17) is 15.2 Å². The van der Waals surface area contributed by atoms with Crippen molar-refractivity contribution in [3.05, 3.63) is 66.0 Å². The Balaban J connectivity index is 1.75. The number of nitrogens with zero attached hydrogens (tertiary/aromatic N) is 6. The summed E-state index contributed by atoms with van der Waals surface area (Å²) in [5.74, 6) is 1.30. The molecule has 1 atom stereocenters. The molecule has 1 aromatic carbocycles. The van der Waals surface area contributed by atoms with Crippen LogP contribution in [0.15, 0.2) is 54.9 Å². The van der Waals surface area contributed by atoms with Gasteiger partial charge in [0.2, 0.25) is 11.8 Å². The van der Waals surface area contributed by atoms with E-state index >= 15 is 0 Å². The van der Waals surface area contributed by atoms with Gasteiger partial charge in [-0.3, -0.25) is 4.98 Å². The average molecular weight is 443 g/mol. The number of pyridine rings is 1. The van der Waals surface area contributed by atoms with E-state index < -0.39 is 6.10 Å². The lowest BCUT2D eigenvalue weighted by Gasteiger charge is -2.14. The molecule has 0 aliphatic heterocycles. The van der Waals surface area contributed by atoms with Gasteiger partial charge in [0, 0.05) is 32.1 Å². The summed E-state index contributed by atoms with van der Waals surface area (Å²) >= 11 is 0. The quantitative estimate of drug-likeness (QED) is 0.440. The number of hydrogen-bond acceptors (Lipinski definition) is 9. The topological polar surface area (TPSA) is 145 Å². The largest absolute Gasteiger partial charge is 0.481 e. The molecule has 0 bridgehead atoms. The van der Waals surface area contributed by atoms with E-state index in [1.807, 2.05) is 18.2 Å². The number of benzene rings is 1. The number of aryl methyl sites for hydroxylation is 1. The molecule has 0 aliphatic carbocycles. The van der Waals surface area contributed by atoms with Crippen LogP contribution in [-0.4, -0.2) is 43.5 Å². The SMILES string of the molecule is COc1nc(-c2ccc(C#N)cc2Oc2cc(-c3ccccn3)nn2C)ncc1[C@H](O)CN. The molecule has 3 heterocycles. The number of nitriles is 1. The van der Waals surface area contributed by atoms with Crippen molar-refractivity contribution in [3.63, 3.8) is 0 Å². The van der Waals surface area contributed by atoms with Gasteiger partial charge in [0.25, 0.3) is 0 Å².